The molecule has 0 radical (unpaired) electrons. The van der Waals surface area contributed by atoms with Crippen LogP contribution < -0.4 is 0 Å². The quantitative estimate of drug-likeness (QED) is 0.878. The predicted octanol–water partition coefficient (Wildman–Crippen LogP) is 4.29. The molecule has 2 aromatic rings. The number of carbonyl (C=O) groups is 1. The van der Waals surface area contributed by atoms with Crippen LogP contribution in [0.3, 0.4) is 0 Å². The van der Waals surface area contributed by atoms with Crippen molar-refractivity contribution in [1.82, 2.24) is 0 Å². The van der Waals surface area contributed by atoms with E-state index in [9.17, 15) is 9.90 Å². The molecular formula is C18H20O2. The minimum absolute atomic E-state index is 0.0253. The van der Waals surface area contributed by atoms with E-state index >= 15 is 0 Å². The molecule has 20 heavy (non-hydrogen) atoms. The Morgan fingerprint density at radius 2 is 1.30 bits per heavy atom. The van der Waals surface area contributed by atoms with E-state index in [4.69, 9.17) is 0 Å². The second-order valence-electron chi connectivity index (χ2n) is 5.29. The standard InChI is InChI=1S/C18H20O2/c1-13(15-9-5-3-6-10-15)14(2)17(18(19)20)16-11-7-4-8-12-16/h3-14,17H,1-2H3,(H,19,20)/t13-,14?,17?/m1/s1. The zero-order valence-corrected chi connectivity index (χ0v) is 11.9. The summed E-state index contributed by atoms with van der Waals surface area (Å²) in [5.41, 5.74) is 2.05. The highest BCUT2D eigenvalue weighted by Crippen LogP contribution is 2.35. The number of hydrogen-bond acceptors (Lipinski definition) is 1. The topological polar surface area (TPSA) is 37.3 Å². The van der Waals surface area contributed by atoms with Gasteiger partial charge in [-0.25, -0.2) is 0 Å². The van der Waals surface area contributed by atoms with Crippen molar-refractivity contribution in [3.63, 3.8) is 0 Å². The summed E-state index contributed by atoms with van der Waals surface area (Å²) in [6, 6.07) is 19.6. The Bertz CT molecular complexity index is 548. The van der Waals surface area contributed by atoms with Crippen LogP contribution in [0.1, 0.15) is 36.8 Å². The van der Waals surface area contributed by atoms with Crippen molar-refractivity contribution in [3.05, 3.63) is 71.8 Å². The van der Waals surface area contributed by atoms with Gasteiger partial charge in [0.15, 0.2) is 0 Å². The molecule has 0 amide bonds. The Hall–Kier alpha value is -2.09. The molecule has 0 aliphatic carbocycles. The van der Waals surface area contributed by atoms with E-state index in [0.29, 0.717) is 0 Å². The normalized spacial score (nSPS) is 15.3. The maximum Gasteiger partial charge on any atom is 0.311 e. The number of hydrogen-bond donors (Lipinski definition) is 1. The number of carboxylic acid groups (broad SMARTS) is 1. The first-order valence-electron chi connectivity index (χ1n) is 6.94. The summed E-state index contributed by atoms with van der Waals surface area (Å²) in [7, 11) is 0. The molecule has 0 saturated heterocycles. The van der Waals surface area contributed by atoms with E-state index in [1.807, 2.05) is 55.5 Å². The summed E-state index contributed by atoms with van der Waals surface area (Å²) in [6.45, 7) is 4.11. The fourth-order valence-electron chi connectivity index (χ4n) is 2.68. The number of carboxylic acids is 1. The molecule has 0 fully saturated rings. The molecule has 2 aromatic carbocycles. The molecule has 0 spiro atoms. The third-order valence-electron chi connectivity index (χ3n) is 4.06. The molecule has 3 atom stereocenters. The van der Waals surface area contributed by atoms with Gasteiger partial charge in [-0.2, -0.15) is 0 Å². The zero-order chi connectivity index (χ0) is 14.5. The molecule has 0 heterocycles. The van der Waals surface area contributed by atoms with Crippen LogP contribution in [0, 0.1) is 5.92 Å². The number of aliphatic carboxylic acids is 1. The monoisotopic (exact) mass is 268 g/mol. The van der Waals surface area contributed by atoms with E-state index in [1.54, 1.807) is 0 Å². The zero-order valence-electron chi connectivity index (χ0n) is 11.9. The van der Waals surface area contributed by atoms with Gasteiger partial charge in [-0.3, -0.25) is 4.79 Å². The molecule has 0 bridgehead atoms. The number of benzene rings is 2. The lowest BCUT2D eigenvalue weighted by atomic mass is 9.77. The molecule has 104 valence electrons. The summed E-state index contributed by atoms with van der Waals surface area (Å²) >= 11 is 0. The van der Waals surface area contributed by atoms with Gasteiger partial charge in [0, 0.05) is 0 Å². The van der Waals surface area contributed by atoms with Crippen LogP contribution >= 0.6 is 0 Å². The molecule has 2 nitrogen and oxygen atoms in total. The van der Waals surface area contributed by atoms with Gasteiger partial charge in [0.1, 0.15) is 0 Å². The first-order valence-corrected chi connectivity index (χ1v) is 6.94. The Morgan fingerprint density at radius 3 is 1.75 bits per heavy atom. The molecule has 2 unspecified atom stereocenters. The molecule has 0 aromatic heterocycles. The van der Waals surface area contributed by atoms with Crippen molar-refractivity contribution >= 4 is 5.97 Å². The summed E-state index contributed by atoms with van der Waals surface area (Å²) in [6.07, 6.45) is 0. The Balaban J connectivity index is 2.29. The lowest BCUT2D eigenvalue weighted by molar-refractivity contribution is -0.140. The Labute approximate surface area is 120 Å². The molecule has 2 rings (SSSR count). The van der Waals surface area contributed by atoms with E-state index in [-0.39, 0.29) is 11.8 Å². The minimum Gasteiger partial charge on any atom is -0.481 e. The minimum atomic E-state index is -0.758. The van der Waals surface area contributed by atoms with Gasteiger partial charge in [-0.15, -0.1) is 0 Å². The van der Waals surface area contributed by atoms with Crippen LogP contribution in [0.25, 0.3) is 0 Å². The average molecular weight is 268 g/mol. The van der Waals surface area contributed by atoms with Crippen molar-refractivity contribution in [3.8, 4) is 0 Å². The van der Waals surface area contributed by atoms with Crippen molar-refractivity contribution < 1.29 is 9.90 Å². The van der Waals surface area contributed by atoms with Crippen LogP contribution in [0.2, 0.25) is 0 Å². The molecule has 0 aliphatic heterocycles. The van der Waals surface area contributed by atoms with E-state index in [2.05, 4.69) is 19.1 Å². The summed E-state index contributed by atoms with van der Waals surface area (Å²) in [5.74, 6) is -1.02. The molecule has 1 N–H and O–H groups in total. The fraction of sp³-hybridized carbons (Fsp3) is 0.278. The van der Waals surface area contributed by atoms with E-state index in [1.165, 1.54) is 5.56 Å². The van der Waals surface area contributed by atoms with Crippen LogP contribution in [0.15, 0.2) is 60.7 Å². The predicted molar refractivity (Wildman–Crippen MR) is 80.8 cm³/mol. The lowest BCUT2D eigenvalue weighted by Gasteiger charge is -2.26. The molecular weight excluding hydrogens is 248 g/mol. The second kappa shape index (κ2) is 6.38. The van der Waals surface area contributed by atoms with Crippen LogP contribution in [0.5, 0.6) is 0 Å². The van der Waals surface area contributed by atoms with Crippen molar-refractivity contribution in [2.24, 2.45) is 5.92 Å². The van der Waals surface area contributed by atoms with Crippen molar-refractivity contribution in [2.45, 2.75) is 25.7 Å². The SMILES string of the molecule is CC(C(C(=O)O)c1ccccc1)[C@@H](C)c1ccccc1. The van der Waals surface area contributed by atoms with Gasteiger partial charge in [-0.05, 0) is 23.0 Å². The smallest absolute Gasteiger partial charge is 0.311 e. The van der Waals surface area contributed by atoms with Gasteiger partial charge in [0.2, 0.25) is 0 Å². The maximum atomic E-state index is 11.7. The molecule has 0 saturated carbocycles. The first-order chi connectivity index (χ1) is 9.61. The average Bonchev–Trinajstić information content (AvgIpc) is 2.48. The van der Waals surface area contributed by atoms with E-state index < -0.39 is 11.9 Å². The van der Waals surface area contributed by atoms with E-state index in [0.717, 1.165) is 5.56 Å². The van der Waals surface area contributed by atoms with Crippen molar-refractivity contribution in [2.75, 3.05) is 0 Å². The van der Waals surface area contributed by atoms with Crippen molar-refractivity contribution in [1.29, 1.82) is 0 Å². The lowest BCUT2D eigenvalue weighted by Crippen LogP contribution is -2.23. The van der Waals surface area contributed by atoms with Crippen LogP contribution in [-0.4, -0.2) is 11.1 Å². The third kappa shape index (κ3) is 3.08. The molecule has 2 heteroatoms. The highest BCUT2D eigenvalue weighted by molar-refractivity contribution is 5.76. The first kappa shape index (κ1) is 14.3. The Kier molecular flexibility index (Phi) is 4.57. The van der Waals surface area contributed by atoms with Gasteiger partial charge in [0.25, 0.3) is 0 Å². The summed E-state index contributed by atoms with van der Waals surface area (Å²) < 4.78 is 0. The summed E-state index contributed by atoms with van der Waals surface area (Å²) in [4.78, 5) is 11.7. The third-order valence-corrected chi connectivity index (χ3v) is 4.06. The van der Waals surface area contributed by atoms with Gasteiger partial charge < -0.3 is 5.11 Å². The van der Waals surface area contributed by atoms with Crippen LogP contribution in [-0.2, 0) is 4.79 Å². The largest absolute Gasteiger partial charge is 0.481 e. The van der Waals surface area contributed by atoms with Gasteiger partial charge in [-0.1, -0.05) is 74.5 Å². The summed E-state index contributed by atoms with van der Waals surface area (Å²) in [5, 5.41) is 9.59. The fourth-order valence-corrected chi connectivity index (χ4v) is 2.68. The van der Waals surface area contributed by atoms with Crippen LogP contribution in [0.4, 0.5) is 0 Å². The number of rotatable bonds is 5. The highest BCUT2D eigenvalue weighted by atomic mass is 16.4. The highest BCUT2D eigenvalue weighted by Gasteiger charge is 2.30. The van der Waals surface area contributed by atoms with Gasteiger partial charge >= 0.3 is 5.97 Å². The second-order valence-corrected chi connectivity index (χ2v) is 5.29. The van der Waals surface area contributed by atoms with Gasteiger partial charge in [0.05, 0.1) is 5.92 Å². The molecule has 0 aliphatic rings. The Morgan fingerprint density at radius 1 is 0.850 bits per heavy atom. The maximum absolute atomic E-state index is 11.7.